The van der Waals surface area contributed by atoms with Gasteiger partial charge < -0.3 is 10.4 Å². The van der Waals surface area contributed by atoms with Crippen molar-refractivity contribution >= 4 is 17.4 Å². The molecule has 0 radical (unpaired) electrons. The summed E-state index contributed by atoms with van der Waals surface area (Å²) in [6, 6.07) is 25.8. The van der Waals surface area contributed by atoms with Crippen molar-refractivity contribution in [2.24, 2.45) is 5.92 Å². The lowest BCUT2D eigenvalue weighted by Gasteiger charge is -2.31. The molecule has 0 aliphatic carbocycles. The van der Waals surface area contributed by atoms with Crippen LogP contribution in [-0.4, -0.2) is 29.4 Å². The molecule has 2 aliphatic rings. The summed E-state index contributed by atoms with van der Waals surface area (Å²) in [5.41, 5.74) is 1.69. The van der Waals surface area contributed by atoms with Crippen LogP contribution in [0.3, 0.4) is 0 Å². The molecule has 5 heteroatoms. The van der Waals surface area contributed by atoms with E-state index in [1.807, 2.05) is 72.8 Å². The van der Waals surface area contributed by atoms with Crippen LogP contribution in [0.15, 0.2) is 84.9 Å². The first-order valence-corrected chi connectivity index (χ1v) is 10.1. The van der Waals surface area contributed by atoms with Crippen molar-refractivity contribution in [1.29, 1.82) is 0 Å². The summed E-state index contributed by atoms with van der Waals surface area (Å²) in [6.07, 6.45) is 0. The number of fused-ring (bicyclic) bond motifs is 2. The highest BCUT2D eigenvalue weighted by Gasteiger charge is 2.64. The third-order valence-electron chi connectivity index (χ3n) is 6.35. The fourth-order valence-corrected chi connectivity index (χ4v) is 5.11. The average molecular weight is 398 g/mol. The molecule has 30 heavy (non-hydrogen) atoms. The minimum Gasteiger partial charge on any atom is -0.395 e. The van der Waals surface area contributed by atoms with Crippen LogP contribution in [0.1, 0.15) is 27.4 Å². The van der Waals surface area contributed by atoms with Crippen molar-refractivity contribution in [1.82, 2.24) is 5.32 Å². The highest BCUT2D eigenvalue weighted by Crippen LogP contribution is 2.53. The molecule has 2 heterocycles. The number of ketones is 1. The Morgan fingerprint density at radius 2 is 1.53 bits per heavy atom. The number of Topliss-reactive ketones (excluding diaryl/α,β-unsaturated/α-hetero) is 1. The molecule has 1 fully saturated rings. The molecule has 5 nitrogen and oxygen atoms in total. The van der Waals surface area contributed by atoms with Crippen molar-refractivity contribution in [3.8, 4) is 0 Å². The van der Waals surface area contributed by atoms with Gasteiger partial charge in [-0.2, -0.15) is 0 Å². The van der Waals surface area contributed by atoms with Crippen molar-refractivity contribution in [3.63, 3.8) is 0 Å². The normalized spacial score (nSPS) is 27.1. The second-order valence-corrected chi connectivity index (χ2v) is 7.89. The molecule has 3 aromatic rings. The van der Waals surface area contributed by atoms with E-state index in [4.69, 9.17) is 0 Å². The zero-order chi connectivity index (χ0) is 20.7. The summed E-state index contributed by atoms with van der Waals surface area (Å²) in [7, 11) is 0. The fourth-order valence-electron chi connectivity index (χ4n) is 5.11. The number of benzene rings is 3. The lowest BCUT2D eigenvalue weighted by molar-refractivity contribution is -0.122. The lowest BCUT2D eigenvalue weighted by atomic mass is 9.69. The Hall–Kier alpha value is -3.28. The summed E-state index contributed by atoms with van der Waals surface area (Å²) in [6.45, 7) is -0.185. The maximum Gasteiger partial charge on any atom is 0.250 e. The van der Waals surface area contributed by atoms with Gasteiger partial charge in [0.25, 0.3) is 0 Å². The minimum absolute atomic E-state index is 0.111. The van der Waals surface area contributed by atoms with E-state index in [1.54, 1.807) is 12.1 Å². The Morgan fingerprint density at radius 3 is 2.23 bits per heavy atom. The molecular weight excluding hydrogens is 376 g/mol. The van der Waals surface area contributed by atoms with E-state index in [2.05, 4.69) is 10.6 Å². The van der Waals surface area contributed by atoms with Gasteiger partial charge in [-0.3, -0.25) is 14.9 Å². The number of hydrogen-bond donors (Lipinski definition) is 3. The van der Waals surface area contributed by atoms with Crippen LogP contribution in [0.2, 0.25) is 0 Å². The Morgan fingerprint density at radius 1 is 0.900 bits per heavy atom. The molecule has 0 aromatic heterocycles. The first-order valence-electron chi connectivity index (χ1n) is 10.1. The number of carbonyl (C=O) groups excluding carboxylic acids is 2. The Balaban J connectivity index is 1.75. The Labute approximate surface area is 174 Å². The Kier molecular flexibility index (Phi) is 4.50. The topological polar surface area (TPSA) is 78.4 Å². The van der Waals surface area contributed by atoms with Crippen LogP contribution in [0.5, 0.6) is 0 Å². The number of hydrogen-bond acceptors (Lipinski definition) is 4. The minimum atomic E-state index is -1.24. The fraction of sp³-hybridized carbons (Fsp3) is 0.200. The zero-order valence-electron chi connectivity index (χ0n) is 16.3. The highest BCUT2D eigenvalue weighted by molar-refractivity contribution is 6.12. The molecular formula is C25H22N2O3. The Bertz CT molecular complexity index is 1100. The van der Waals surface area contributed by atoms with E-state index < -0.39 is 17.5 Å². The predicted molar refractivity (Wildman–Crippen MR) is 114 cm³/mol. The summed E-state index contributed by atoms with van der Waals surface area (Å²) in [5, 5.41) is 16.6. The third kappa shape index (κ3) is 2.63. The van der Waals surface area contributed by atoms with Crippen LogP contribution >= 0.6 is 0 Å². The second kappa shape index (κ2) is 7.20. The van der Waals surface area contributed by atoms with E-state index in [-0.39, 0.29) is 24.2 Å². The molecule has 1 spiro atoms. The van der Waals surface area contributed by atoms with Gasteiger partial charge in [-0.1, -0.05) is 78.9 Å². The molecule has 4 atom stereocenters. The van der Waals surface area contributed by atoms with Crippen molar-refractivity contribution in [3.05, 3.63) is 102 Å². The largest absolute Gasteiger partial charge is 0.395 e. The molecule has 0 unspecified atom stereocenters. The predicted octanol–water partition coefficient (Wildman–Crippen LogP) is 3.08. The molecule has 3 aromatic carbocycles. The summed E-state index contributed by atoms with van der Waals surface area (Å²) >= 11 is 0. The molecule has 2 aliphatic heterocycles. The molecule has 1 amide bonds. The van der Waals surface area contributed by atoms with Gasteiger partial charge in [0.15, 0.2) is 5.78 Å². The third-order valence-corrected chi connectivity index (χ3v) is 6.35. The molecule has 150 valence electrons. The molecule has 3 N–H and O–H groups in total. The van der Waals surface area contributed by atoms with Crippen LogP contribution in [-0.2, 0) is 10.3 Å². The van der Waals surface area contributed by atoms with Gasteiger partial charge in [-0.05, 0) is 11.6 Å². The van der Waals surface area contributed by atoms with Gasteiger partial charge in [-0.25, -0.2) is 0 Å². The van der Waals surface area contributed by atoms with Crippen molar-refractivity contribution in [2.75, 3.05) is 11.9 Å². The number of nitrogens with one attached hydrogen (secondary N) is 2. The van der Waals surface area contributed by atoms with Crippen LogP contribution < -0.4 is 10.6 Å². The summed E-state index contributed by atoms with van der Waals surface area (Å²) in [4.78, 5) is 27.3. The first-order chi connectivity index (χ1) is 14.7. The standard InChI is InChI=1S/C25H22N2O3/c28-15-20-21(16-9-3-1-4-10-16)22(23(29)17-11-5-2-6-12-17)25(27-20)18-13-7-8-14-19(18)26-24(25)30/h1-14,20-22,27-28H,15H2,(H,26,30)/t20-,21-,22-,25+/m0/s1. The van der Waals surface area contributed by atoms with Gasteiger partial charge >= 0.3 is 0 Å². The SMILES string of the molecule is O=C(c1ccccc1)[C@@H]1[C@@H](c2ccccc2)[C@H](CO)N[C@@]12C(=O)Nc1ccccc12. The monoisotopic (exact) mass is 398 g/mol. The average Bonchev–Trinajstić information content (AvgIpc) is 3.30. The van der Waals surface area contributed by atoms with E-state index in [0.717, 1.165) is 11.1 Å². The van der Waals surface area contributed by atoms with Crippen LogP contribution in [0.25, 0.3) is 0 Å². The van der Waals surface area contributed by atoms with Crippen molar-refractivity contribution in [2.45, 2.75) is 17.5 Å². The van der Waals surface area contributed by atoms with Crippen LogP contribution in [0.4, 0.5) is 5.69 Å². The van der Waals surface area contributed by atoms with E-state index in [9.17, 15) is 14.7 Å². The number of para-hydroxylation sites is 1. The quantitative estimate of drug-likeness (QED) is 0.590. The van der Waals surface area contributed by atoms with Gasteiger partial charge in [0, 0.05) is 28.8 Å². The highest BCUT2D eigenvalue weighted by atomic mass is 16.3. The van der Waals surface area contributed by atoms with Gasteiger partial charge in [0.1, 0.15) is 5.54 Å². The first kappa shape index (κ1) is 18.7. The van der Waals surface area contributed by atoms with E-state index >= 15 is 0 Å². The van der Waals surface area contributed by atoms with Crippen molar-refractivity contribution < 1.29 is 14.7 Å². The van der Waals surface area contributed by atoms with E-state index in [0.29, 0.717) is 11.3 Å². The number of aliphatic hydroxyl groups is 1. The molecule has 0 bridgehead atoms. The van der Waals surface area contributed by atoms with E-state index in [1.165, 1.54) is 0 Å². The maximum atomic E-state index is 13.9. The molecule has 1 saturated heterocycles. The number of aliphatic hydroxyl groups excluding tert-OH is 1. The zero-order valence-corrected chi connectivity index (χ0v) is 16.3. The number of anilines is 1. The van der Waals surface area contributed by atoms with Gasteiger partial charge in [0.2, 0.25) is 5.91 Å². The van der Waals surface area contributed by atoms with Crippen LogP contribution in [0, 0.1) is 5.92 Å². The number of amides is 1. The van der Waals surface area contributed by atoms with Gasteiger partial charge in [0.05, 0.1) is 12.5 Å². The molecule has 0 saturated carbocycles. The van der Waals surface area contributed by atoms with Gasteiger partial charge in [-0.15, -0.1) is 0 Å². The lowest BCUT2D eigenvalue weighted by Crippen LogP contribution is -2.52. The molecule has 5 rings (SSSR count). The summed E-state index contributed by atoms with van der Waals surface area (Å²) in [5.74, 6) is -1.43. The number of carbonyl (C=O) groups is 2. The smallest absolute Gasteiger partial charge is 0.250 e. The second-order valence-electron chi connectivity index (χ2n) is 7.89. The number of rotatable bonds is 4. The maximum absolute atomic E-state index is 13.9. The summed E-state index contributed by atoms with van der Waals surface area (Å²) < 4.78 is 0.